The summed E-state index contributed by atoms with van der Waals surface area (Å²) < 4.78 is 5.52. The number of carbonyl (C=O) groups is 2. The van der Waals surface area contributed by atoms with Crippen LogP contribution in [-0.4, -0.2) is 33.5 Å². The molecule has 1 amide bonds. The number of nitrogens with one attached hydrogen (secondary N) is 2. The lowest BCUT2D eigenvalue weighted by Crippen LogP contribution is -2.20. The highest BCUT2D eigenvalue weighted by molar-refractivity contribution is 5.96. The van der Waals surface area contributed by atoms with E-state index >= 15 is 0 Å². The van der Waals surface area contributed by atoms with E-state index in [4.69, 9.17) is 4.74 Å². The zero-order valence-electron chi connectivity index (χ0n) is 16.8. The minimum absolute atomic E-state index is 0.0243. The van der Waals surface area contributed by atoms with Crippen molar-refractivity contribution in [3.8, 4) is 28.5 Å². The van der Waals surface area contributed by atoms with Crippen molar-refractivity contribution >= 4 is 17.4 Å². The van der Waals surface area contributed by atoms with Crippen LogP contribution in [0.5, 0.6) is 5.75 Å². The predicted octanol–water partition coefficient (Wildman–Crippen LogP) is 4.36. The van der Waals surface area contributed by atoms with Crippen LogP contribution in [0.25, 0.3) is 22.8 Å². The van der Waals surface area contributed by atoms with Crippen LogP contribution in [0, 0.1) is 0 Å². The Bertz CT molecular complexity index is 1200. The lowest BCUT2D eigenvalue weighted by molar-refractivity contribution is -0.118. The first kappa shape index (κ1) is 20.0. The van der Waals surface area contributed by atoms with E-state index in [1.807, 2.05) is 48.5 Å². The second-order valence-electron chi connectivity index (χ2n) is 6.84. The zero-order chi connectivity index (χ0) is 21.6. The monoisotopic (exact) mass is 412 g/mol. The molecule has 0 saturated carbocycles. The molecular formula is C24H20N4O3. The number of benzene rings is 3. The molecule has 154 valence electrons. The largest absolute Gasteiger partial charge is 0.484 e. The van der Waals surface area contributed by atoms with Crippen molar-refractivity contribution in [2.24, 2.45) is 0 Å². The average molecular weight is 412 g/mol. The SMILES string of the molecule is CC(=O)c1ccc(OCC(=O)Nc2ccccc2-c2nc(-c3ccccc3)n[nH]2)cc1. The van der Waals surface area contributed by atoms with Crippen LogP contribution in [0.3, 0.4) is 0 Å². The van der Waals surface area contributed by atoms with Crippen LogP contribution in [0.15, 0.2) is 78.9 Å². The third kappa shape index (κ3) is 4.84. The van der Waals surface area contributed by atoms with E-state index in [9.17, 15) is 9.59 Å². The number of para-hydroxylation sites is 1. The van der Waals surface area contributed by atoms with Crippen molar-refractivity contribution in [2.75, 3.05) is 11.9 Å². The number of Topliss-reactive ketones (excluding diaryl/α,β-unsaturated/α-hetero) is 1. The summed E-state index contributed by atoms with van der Waals surface area (Å²) in [6, 6.07) is 23.6. The summed E-state index contributed by atoms with van der Waals surface area (Å²) in [6.45, 7) is 1.33. The molecule has 0 atom stereocenters. The Hall–Kier alpha value is -4.26. The van der Waals surface area contributed by atoms with Gasteiger partial charge in [0.2, 0.25) is 0 Å². The third-order valence-corrected chi connectivity index (χ3v) is 4.60. The molecule has 0 unspecified atom stereocenters. The van der Waals surface area contributed by atoms with Crippen molar-refractivity contribution in [3.05, 3.63) is 84.4 Å². The Kier molecular flexibility index (Phi) is 5.84. The van der Waals surface area contributed by atoms with Crippen LogP contribution in [0.4, 0.5) is 5.69 Å². The highest BCUT2D eigenvalue weighted by Gasteiger charge is 2.13. The molecule has 0 spiro atoms. The van der Waals surface area contributed by atoms with Crippen LogP contribution >= 0.6 is 0 Å². The summed E-state index contributed by atoms with van der Waals surface area (Å²) >= 11 is 0. The van der Waals surface area contributed by atoms with Crippen molar-refractivity contribution in [2.45, 2.75) is 6.92 Å². The van der Waals surface area contributed by atoms with Crippen LogP contribution in [0.2, 0.25) is 0 Å². The summed E-state index contributed by atoms with van der Waals surface area (Å²) in [5.74, 6) is 1.30. The second-order valence-corrected chi connectivity index (χ2v) is 6.84. The van der Waals surface area contributed by atoms with Crippen molar-refractivity contribution < 1.29 is 14.3 Å². The zero-order valence-corrected chi connectivity index (χ0v) is 16.8. The van der Waals surface area contributed by atoms with E-state index in [-0.39, 0.29) is 18.3 Å². The first-order chi connectivity index (χ1) is 15.1. The molecular weight excluding hydrogens is 392 g/mol. The molecule has 31 heavy (non-hydrogen) atoms. The number of hydrogen-bond donors (Lipinski definition) is 2. The van der Waals surface area contributed by atoms with E-state index in [1.165, 1.54) is 6.92 Å². The molecule has 0 bridgehead atoms. The van der Waals surface area contributed by atoms with Crippen LogP contribution in [-0.2, 0) is 4.79 Å². The number of nitrogens with zero attached hydrogens (tertiary/aromatic N) is 2. The predicted molar refractivity (Wildman–Crippen MR) is 118 cm³/mol. The Morgan fingerprint density at radius 1 is 0.935 bits per heavy atom. The average Bonchev–Trinajstić information content (AvgIpc) is 3.29. The van der Waals surface area contributed by atoms with Gasteiger partial charge in [0.15, 0.2) is 24.0 Å². The number of amides is 1. The Morgan fingerprint density at radius 2 is 1.65 bits per heavy atom. The smallest absolute Gasteiger partial charge is 0.262 e. The first-order valence-electron chi connectivity index (χ1n) is 9.71. The maximum atomic E-state index is 12.4. The molecule has 0 aliphatic rings. The van der Waals surface area contributed by atoms with Gasteiger partial charge in [-0.25, -0.2) is 4.98 Å². The maximum Gasteiger partial charge on any atom is 0.262 e. The highest BCUT2D eigenvalue weighted by atomic mass is 16.5. The lowest BCUT2D eigenvalue weighted by Gasteiger charge is -2.10. The first-order valence-corrected chi connectivity index (χ1v) is 9.71. The number of ketones is 1. The summed E-state index contributed by atoms with van der Waals surface area (Å²) in [5, 5.41) is 10.1. The Morgan fingerprint density at radius 3 is 2.39 bits per heavy atom. The molecule has 2 N–H and O–H groups in total. The number of aromatic amines is 1. The number of H-pyrrole nitrogens is 1. The molecule has 1 heterocycles. The van der Waals surface area contributed by atoms with E-state index in [0.29, 0.717) is 28.6 Å². The standard InChI is InChI=1S/C24H20N4O3/c1-16(29)17-11-13-19(14-12-17)31-15-22(30)25-21-10-6-5-9-20(21)24-26-23(27-28-24)18-7-3-2-4-8-18/h2-14H,15H2,1H3,(H,25,30)(H,26,27,28). The van der Waals surface area contributed by atoms with Gasteiger partial charge in [0.05, 0.1) is 5.69 Å². The number of aromatic nitrogens is 3. The van der Waals surface area contributed by atoms with Gasteiger partial charge in [0.25, 0.3) is 5.91 Å². The molecule has 0 saturated heterocycles. The number of ether oxygens (including phenoxy) is 1. The van der Waals surface area contributed by atoms with Gasteiger partial charge in [-0.1, -0.05) is 42.5 Å². The van der Waals surface area contributed by atoms with Gasteiger partial charge in [-0.05, 0) is 43.3 Å². The quantitative estimate of drug-likeness (QED) is 0.440. The fourth-order valence-corrected chi connectivity index (χ4v) is 3.02. The third-order valence-electron chi connectivity index (χ3n) is 4.60. The molecule has 0 radical (unpaired) electrons. The molecule has 0 aliphatic heterocycles. The van der Waals surface area contributed by atoms with Crippen LogP contribution in [0.1, 0.15) is 17.3 Å². The molecule has 3 aromatic carbocycles. The fraction of sp³-hybridized carbons (Fsp3) is 0.0833. The molecule has 7 nitrogen and oxygen atoms in total. The second kappa shape index (κ2) is 9.04. The lowest BCUT2D eigenvalue weighted by atomic mass is 10.1. The molecule has 0 fully saturated rings. The molecule has 7 heteroatoms. The molecule has 0 aliphatic carbocycles. The van der Waals surface area contributed by atoms with E-state index in [1.54, 1.807) is 30.3 Å². The van der Waals surface area contributed by atoms with Gasteiger partial charge in [-0.2, -0.15) is 5.10 Å². The van der Waals surface area contributed by atoms with E-state index < -0.39 is 0 Å². The van der Waals surface area contributed by atoms with Gasteiger partial charge >= 0.3 is 0 Å². The van der Waals surface area contributed by atoms with E-state index in [0.717, 1.165) is 11.1 Å². The van der Waals surface area contributed by atoms with Crippen LogP contribution < -0.4 is 10.1 Å². The molecule has 4 rings (SSSR count). The van der Waals surface area contributed by atoms with Crippen molar-refractivity contribution in [1.29, 1.82) is 0 Å². The summed E-state index contributed by atoms with van der Waals surface area (Å²) in [5.41, 5.74) is 2.80. The minimum Gasteiger partial charge on any atom is -0.484 e. The Labute approximate surface area is 179 Å². The maximum absolute atomic E-state index is 12.4. The van der Waals surface area contributed by atoms with Gasteiger partial charge < -0.3 is 10.1 Å². The minimum atomic E-state index is -0.314. The van der Waals surface area contributed by atoms with Gasteiger partial charge in [0, 0.05) is 16.7 Å². The van der Waals surface area contributed by atoms with Crippen molar-refractivity contribution in [3.63, 3.8) is 0 Å². The summed E-state index contributed by atoms with van der Waals surface area (Å²) in [7, 11) is 0. The molecule has 4 aromatic rings. The highest BCUT2D eigenvalue weighted by Crippen LogP contribution is 2.26. The number of carbonyl (C=O) groups excluding carboxylic acids is 2. The number of hydrogen-bond acceptors (Lipinski definition) is 5. The number of rotatable bonds is 7. The fourth-order valence-electron chi connectivity index (χ4n) is 3.02. The molecule has 1 aromatic heterocycles. The van der Waals surface area contributed by atoms with Crippen molar-refractivity contribution in [1.82, 2.24) is 15.2 Å². The summed E-state index contributed by atoms with van der Waals surface area (Å²) in [6.07, 6.45) is 0. The van der Waals surface area contributed by atoms with Gasteiger partial charge in [-0.3, -0.25) is 14.7 Å². The topological polar surface area (TPSA) is 97.0 Å². The summed E-state index contributed by atoms with van der Waals surface area (Å²) in [4.78, 5) is 28.3. The van der Waals surface area contributed by atoms with E-state index in [2.05, 4.69) is 20.5 Å². The normalized spacial score (nSPS) is 10.5. The van der Waals surface area contributed by atoms with Gasteiger partial charge in [0.1, 0.15) is 5.75 Å². The van der Waals surface area contributed by atoms with Gasteiger partial charge in [-0.15, -0.1) is 0 Å². The Balaban J connectivity index is 1.44. The number of anilines is 1.